The molecule has 1 N–H and O–H groups in total. The van der Waals surface area contributed by atoms with E-state index in [0.717, 1.165) is 16.8 Å². The minimum Gasteiger partial charge on any atom is -0.305 e. The minimum atomic E-state index is -0.167. The van der Waals surface area contributed by atoms with Gasteiger partial charge in [0.1, 0.15) is 0 Å². The van der Waals surface area contributed by atoms with Crippen molar-refractivity contribution in [1.82, 2.24) is 19.7 Å². The van der Waals surface area contributed by atoms with Crippen molar-refractivity contribution in [2.45, 2.75) is 5.16 Å². The topological polar surface area (TPSA) is 72.7 Å². The monoisotopic (exact) mass is 475 g/mol. The molecule has 2 aromatic carbocycles. The minimum absolute atomic E-state index is 0.167. The maximum Gasteiger partial charge on any atom is 0.236 e. The third-order valence-electron chi connectivity index (χ3n) is 4.17. The maximum absolute atomic E-state index is 12.4. The Morgan fingerprint density at radius 1 is 1.13 bits per heavy atom. The Hall–Kier alpha value is -2.39. The number of amides is 1. The molecule has 2 aromatic heterocycles. The van der Waals surface area contributed by atoms with Crippen LogP contribution in [-0.2, 0) is 11.8 Å². The van der Waals surface area contributed by atoms with E-state index in [1.54, 1.807) is 6.07 Å². The van der Waals surface area contributed by atoms with E-state index >= 15 is 0 Å². The number of carbonyl (C=O) groups excluding carboxylic acids is 1. The molecule has 0 radical (unpaired) electrons. The van der Waals surface area contributed by atoms with Crippen LogP contribution in [0.2, 0.25) is 10.0 Å². The number of rotatable bonds is 6. The van der Waals surface area contributed by atoms with Crippen molar-refractivity contribution in [3.05, 3.63) is 64.0 Å². The highest BCUT2D eigenvalue weighted by Crippen LogP contribution is 2.29. The molecule has 0 saturated carbocycles. The van der Waals surface area contributed by atoms with Gasteiger partial charge in [-0.3, -0.25) is 4.79 Å². The van der Waals surface area contributed by atoms with Gasteiger partial charge >= 0.3 is 0 Å². The number of nitrogens with zero attached hydrogens (tertiary/aromatic N) is 4. The van der Waals surface area contributed by atoms with Gasteiger partial charge in [0.25, 0.3) is 0 Å². The van der Waals surface area contributed by atoms with Crippen molar-refractivity contribution >= 4 is 57.3 Å². The fourth-order valence-electron chi connectivity index (χ4n) is 2.69. The van der Waals surface area contributed by atoms with Crippen LogP contribution in [0.25, 0.3) is 22.6 Å². The number of aromatic nitrogens is 4. The van der Waals surface area contributed by atoms with Crippen LogP contribution >= 0.6 is 46.3 Å². The molecule has 0 spiro atoms. The van der Waals surface area contributed by atoms with Crippen LogP contribution in [0.1, 0.15) is 0 Å². The highest BCUT2D eigenvalue weighted by Gasteiger charge is 2.15. The van der Waals surface area contributed by atoms with E-state index in [1.807, 2.05) is 59.5 Å². The molecule has 1 amide bonds. The fourth-order valence-corrected chi connectivity index (χ4v) is 4.48. The van der Waals surface area contributed by atoms with Gasteiger partial charge in [0.15, 0.2) is 16.1 Å². The lowest BCUT2D eigenvalue weighted by Crippen LogP contribution is -2.14. The van der Waals surface area contributed by atoms with Crippen molar-refractivity contribution in [2.75, 3.05) is 11.1 Å². The highest BCUT2D eigenvalue weighted by atomic mass is 35.5. The van der Waals surface area contributed by atoms with Gasteiger partial charge in [0.2, 0.25) is 5.91 Å². The van der Waals surface area contributed by atoms with E-state index in [1.165, 1.54) is 23.1 Å². The third kappa shape index (κ3) is 4.67. The Labute approximate surface area is 191 Å². The first kappa shape index (κ1) is 20.9. The molecule has 4 aromatic rings. The summed E-state index contributed by atoms with van der Waals surface area (Å²) in [6.07, 6.45) is 0. The number of halogens is 2. The van der Waals surface area contributed by atoms with E-state index in [-0.39, 0.29) is 11.7 Å². The predicted octanol–water partition coefficient (Wildman–Crippen LogP) is 5.64. The van der Waals surface area contributed by atoms with E-state index in [9.17, 15) is 4.79 Å². The molecule has 0 saturated heterocycles. The summed E-state index contributed by atoms with van der Waals surface area (Å²) in [4.78, 5) is 16.8. The number of thioether (sulfide) groups is 1. The molecule has 0 unspecified atom stereocenters. The van der Waals surface area contributed by atoms with E-state index in [4.69, 9.17) is 23.2 Å². The normalized spacial score (nSPS) is 10.9. The molecule has 0 aliphatic heterocycles. The summed E-state index contributed by atoms with van der Waals surface area (Å²) in [5, 5.41) is 15.5. The Kier molecular flexibility index (Phi) is 6.38. The largest absolute Gasteiger partial charge is 0.305 e. The summed E-state index contributed by atoms with van der Waals surface area (Å²) in [7, 11) is 1.85. The first-order valence-corrected chi connectivity index (χ1v) is 11.4. The quantitative estimate of drug-likeness (QED) is 0.365. The van der Waals surface area contributed by atoms with Crippen molar-refractivity contribution < 1.29 is 4.79 Å². The Morgan fingerprint density at radius 2 is 1.90 bits per heavy atom. The molecule has 0 fully saturated rings. The molecule has 0 aliphatic rings. The first-order chi connectivity index (χ1) is 14.5. The van der Waals surface area contributed by atoms with Crippen molar-refractivity contribution in [1.29, 1.82) is 0 Å². The van der Waals surface area contributed by atoms with Crippen LogP contribution in [-0.4, -0.2) is 31.4 Å². The number of nitrogens with one attached hydrogen (secondary N) is 1. The molecule has 2 heterocycles. The van der Waals surface area contributed by atoms with Crippen LogP contribution in [0, 0.1) is 0 Å². The summed E-state index contributed by atoms with van der Waals surface area (Å²) in [5.41, 5.74) is 2.52. The summed E-state index contributed by atoms with van der Waals surface area (Å²) >= 11 is 14.8. The average Bonchev–Trinajstić information content (AvgIpc) is 3.34. The molecule has 6 nitrogen and oxygen atoms in total. The molecule has 152 valence electrons. The van der Waals surface area contributed by atoms with E-state index < -0.39 is 0 Å². The Balaban J connectivity index is 1.38. The van der Waals surface area contributed by atoms with E-state index in [0.29, 0.717) is 26.2 Å². The molecular formula is C20H15Cl2N5OS2. The van der Waals surface area contributed by atoms with Crippen LogP contribution in [0.4, 0.5) is 5.13 Å². The summed E-state index contributed by atoms with van der Waals surface area (Å²) in [5.74, 6) is 0.667. The van der Waals surface area contributed by atoms with Gasteiger partial charge in [0.05, 0.1) is 16.5 Å². The second-order valence-electron chi connectivity index (χ2n) is 6.23. The van der Waals surface area contributed by atoms with Crippen molar-refractivity contribution in [3.8, 4) is 22.6 Å². The molecule has 0 aliphatic carbocycles. The van der Waals surface area contributed by atoms with E-state index in [2.05, 4.69) is 20.5 Å². The molecule has 0 bridgehead atoms. The Morgan fingerprint density at radius 3 is 2.67 bits per heavy atom. The highest BCUT2D eigenvalue weighted by molar-refractivity contribution is 7.99. The number of carbonyl (C=O) groups is 1. The van der Waals surface area contributed by atoms with Crippen LogP contribution in [0.5, 0.6) is 0 Å². The zero-order valence-electron chi connectivity index (χ0n) is 15.7. The second kappa shape index (κ2) is 9.18. The summed E-state index contributed by atoms with van der Waals surface area (Å²) < 4.78 is 1.82. The molecule has 4 rings (SSSR count). The van der Waals surface area contributed by atoms with Crippen molar-refractivity contribution in [2.24, 2.45) is 7.05 Å². The summed E-state index contributed by atoms with van der Waals surface area (Å²) in [6, 6.07) is 14.8. The average molecular weight is 476 g/mol. The molecule has 30 heavy (non-hydrogen) atoms. The molecule has 10 heteroatoms. The lowest BCUT2D eigenvalue weighted by molar-refractivity contribution is -0.113. The van der Waals surface area contributed by atoms with Gasteiger partial charge in [-0.15, -0.1) is 21.5 Å². The Bertz CT molecular complexity index is 1190. The van der Waals surface area contributed by atoms with Gasteiger partial charge in [-0.1, -0.05) is 59.2 Å². The zero-order valence-corrected chi connectivity index (χ0v) is 18.8. The molecule has 0 atom stereocenters. The number of hydrogen-bond acceptors (Lipinski definition) is 6. The first-order valence-electron chi connectivity index (χ1n) is 8.79. The number of hydrogen-bond donors (Lipinski definition) is 1. The zero-order chi connectivity index (χ0) is 21.1. The fraction of sp³-hybridized carbons (Fsp3) is 0.100. The van der Waals surface area contributed by atoms with Gasteiger partial charge < -0.3 is 9.88 Å². The SMILES string of the molecule is Cn1c(SCC(=O)Nc2nc(-c3ccc(Cl)cc3)cs2)nnc1-c1ccccc1Cl. The van der Waals surface area contributed by atoms with Gasteiger partial charge in [-0.25, -0.2) is 4.98 Å². The third-order valence-corrected chi connectivity index (χ3v) is 6.53. The lowest BCUT2D eigenvalue weighted by atomic mass is 10.2. The second-order valence-corrected chi connectivity index (χ2v) is 8.87. The van der Waals surface area contributed by atoms with Crippen LogP contribution < -0.4 is 5.32 Å². The number of thiazole rings is 1. The van der Waals surface area contributed by atoms with Gasteiger partial charge in [-0.05, 0) is 24.3 Å². The van der Waals surface area contributed by atoms with Crippen molar-refractivity contribution in [3.63, 3.8) is 0 Å². The maximum atomic E-state index is 12.4. The van der Waals surface area contributed by atoms with Crippen LogP contribution in [0.15, 0.2) is 59.1 Å². The smallest absolute Gasteiger partial charge is 0.236 e. The van der Waals surface area contributed by atoms with Gasteiger partial charge in [-0.2, -0.15) is 0 Å². The molecular weight excluding hydrogens is 461 g/mol. The van der Waals surface area contributed by atoms with Gasteiger partial charge in [0, 0.05) is 28.6 Å². The lowest BCUT2D eigenvalue weighted by Gasteiger charge is -2.05. The van der Waals surface area contributed by atoms with Crippen LogP contribution in [0.3, 0.4) is 0 Å². The predicted molar refractivity (Wildman–Crippen MR) is 123 cm³/mol. The number of anilines is 1. The number of benzene rings is 2. The standard InChI is InChI=1S/C20H15Cl2N5OS2/c1-27-18(14-4-2-3-5-15(14)22)25-26-20(27)30-11-17(28)24-19-23-16(10-29-19)12-6-8-13(21)9-7-12/h2-10H,11H2,1H3,(H,23,24,28). The summed E-state index contributed by atoms with van der Waals surface area (Å²) in [6.45, 7) is 0.